The van der Waals surface area contributed by atoms with Crippen LogP contribution in [0.5, 0.6) is 0 Å². The summed E-state index contributed by atoms with van der Waals surface area (Å²) in [6.45, 7) is 0.248. The van der Waals surface area contributed by atoms with Crippen molar-refractivity contribution >= 4 is 11.8 Å². The van der Waals surface area contributed by atoms with E-state index in [1.165, 1.54) is 6.26 Å². The molecule has 5 rings (SSSR count). The molecule has 0 saturated carbocycles. The van der Waals surface area contributed by atoms with Crippen molar-refractivity contribution in [3.63, 3.8) is 0 Å². The summed E-state index contributed by atoms with van der Waals surface area (Å²) in [6, 6.07) is 31.7. The van der Waals surface area contributed by atoms with E-state index in [1.807, 2.05) is 102 Å². The number of carbonyl (C=O) groups is 2. The molecule has 0 fully saturated rings. The van der Waals surface area contributed by atoms with Gasteiger partial charge in [-0.3, -0.25) is 9.59 Å². The predicted octanol–water partition coefficient (Wildman–Crippen LogP) is 4.79. The number of hydrogen-bond donors (Lipinski definition) is 2. The predicted molar refractivity (Wildman–Crippen MR) is 141 cm³/mol. The first-order chi connectivity index (χ1) is 18.2. The number of carbonyl (C=O) groups excluding carboxylic acids is 2. The fourth-order valence-electron chi connectivity index (χ4n) is 4.09. The molecule has 7 heteroatoms. The Hall–Kier alpha value is -4.91. The molecule has 7 nitrogen and oxygen atoms in total. The van der Waals surface area contributed by atoms with Gasteiger partial charge in [-0.25, -0.2) is 4.68 Å². The number of furan rings is 1. The summed E-state index contributed by atoms with van der Waals surface area (Å²) in [5.41, 5.74) is 4.45. The van der Waals surface area contributed by atoms with Gasteiger partial charge in [-0.15, -0.1) is 0 Å². The molecule has 37 heavy (non-hydrogen) atoms. The smallest absolute Gasteiger partial charge is 0.287 e. The van der Waals surface area contributed by atoms with Gasteiger partial charge in [0.05, 0.1) is 17.6 Å². The summed E-state index contributed by atoms with van der Waals surface area (Å²) >= 11 is 0. The Balaban J connectivity index is 1.38. The van der Waals surface area contributed by atoms with E-state index in [0.29, 0.717) is 6.42 Å². The number of amides is 2. The molecule has 5 aromatic rings. The molecule has 0 radical (unpaired) electrons. The summed E-state index contributed by atoms with van der Waals surface area (Å²) in [5.74, 6) is -0.584. The molecule has 0 aliphatic heterocycles. The molecule has 2 amide bonds. The average Bonchev–Trinajstić information content (AvgIpc) is 3.64. The van der Waals surface area contributed by atoms with Crippen LogP contribution in [0.1, 0.15) is 21.7 Å². The van der Waals surface area contributed by atoms with Gasteiger partial charge in [0.2, 0.25) is 5.91 Å². The summed E-state index contributed by atoms with van der Waals surface area (Å²) in [5, 5.41) is 10.6. The molecule has 2 aromatic heterocycles. The number of para-hydroxylation sites is 1. The Bertz CT molecular complexity index is 1450. The van der Waals surface area contributed by atoms with Crippen molar-refractivity contribution in [2.24, 2.45) is 0 Å². The number of nitrogens with zero attached hydrogens (tertiary/aromatic N) is 2. The van der Waals surface area contributed by atoms with Crippen LogP contribution in [0, 0.1) is 0 Å². The lowest BCUT2D eigenvalue weighted by molar-refractivity contribution is -0.123. The van der Waals surface area contributed by atoms with E-state index < -0.39 is 11.9 Å². The van der Waals surface area contributed by atoms with Gasteiger partial charge in [-0.2, -0.15) is 5.10 Å². The van der Waals surface area contributed by atoms with E-state index in [9.17, 15) is 9.59 Å². The molecule has 184 valence electrons. The van der Waals surface area contributed by atoms with Crippen molar-refractivity contribution in [1.82, 2.24) is 20.4 Å². The zero-order chi connectivity index (χ0) is 25.5. The summed E-state index contributed by atoms with van der Waals surface area (Å²) < 4.78 is 7.02. The lowest BCUT2D eigenvalue weighted by Crippen LogP contribution is -2.47. The van der Waals surface area contributed by atoms with E-state index in [1.54, 1.807) is 12.1 Å². The van der Waals surface area contributed by atoms with Crippen molar-refractivity contribution in [2.75, 3.05) is 0 Å². The van der Waals surface area contributed by atoms with Crippen molar-refractivity contribution in [2.45, 2.75) is 19.0 Å². The largest absolute Gasteiger partial charge is 0.459 e. The van der Waals surface area contributed by atoms with Crippen molar-refractivity contribution in [1.29, 1.82) is 0 Å². The minimum atomic E-state index is -0.788. The van der Waals surface area contributed by atoms with Gasteiger partial charge in [0.15, 0.2) is 5.76 Å². The number of rotatable bonds is 9. The standard InChI is InChI=1S/C30H26N4O3/c35-29(26(19-22-11-4-1-5-12-22)32-30(36)27-17-10-18-37-27)31-20-24-21-34(25-15-8-3-9-16-25)33-28(24)23-13-6-2-7-14-23/h1-18,21,26H,19-20H2,(H,31,35)(H,32,36)/t26-/m0/s1. The monoisotopic (exact) mass is 490 g/mol. The fraction of sp³-hybridized carbons (Fsp3) is 0.100. The highest BCUT2D eigenvalue weighted by atomic mass is 16.3. The minimum absolute atomic E-state index is 0.154. The van der Waals surface area contributed by atoms with Gasteiger partial charge in [-0.1, -0.05) is 78.9 Å². The third kappa shape index (κ3) is 5.85. The Kier molecular flexibility index (Phi) is 7.22. The zero-order valence-electron chi connectivity index (χ0n) is 20.1. The van der Waals surface area contributed by atoms with E-state index in [-0.39, 0.29) is 18.2 Å². The molecule has 0 saturated heterocycles. The van der Waals surface area contributed by atoms with E-state index in [4.69, 9.17) is 9.52 Å². The Morgan fingerprint density at radius 3 is 2.19 bits per heavy atom. The van der Waals surface area contributed by atoms with Crippen LogP contribution in [0.2, 0.25) is 0 Å². The minimum Gasteiger partial charge on any atom is -0.459 e. The van der Waals surface area contributed by atoms with Crippen LogP contribution in [-0.4, -0.2) is 27.6 Å². The third-order valence-electron chi connectivity index (χ3n) is 5.96. The fourth-order valence-corrected chi connectivity index (χ4v) is 4.09. The molecule has 0 unspecified atom stereocenters. The van der Waals surface area contributed by atoms with Gasteiger partial charge < -0.3 is 15.1 Å². The summed E-state index contributed by atoms with van der Waals surface area (Å²) in [4.78, 5) is 26.1. The average molecular weight is 491 g/mol. The Morgan fingerprint density at radius 1 is 0.838 bits per heavy atom. The molecular formula is C30H26N4O3. The molecule has 0 aliphatic carbocycles. The molecule has 2 N–H and O–H groups in total. The highest BCUT2D eigenvalue weighted by Crippen LogP contribution is 2.23. The first-order valence-electron chi connectivity index (χ1n) is 12.0. The molecule has 3 aromatic carbocycles. The van der Waals surface area contributed by atoms with Crippen LogP contribution >= 0.6 is 0 Å². The van der Waals surface area contributed by atoms with Crippen molar-refractivity contribution in [3.05, 3.63) is 132 Å². The van der Waals surface area contributed by atoms with Crippen molar-refractivity contribution < 1.29 is 14.0 Å². The van der Waals surface area contributed by atoms with Crippen LogP contribution in [0.25, 0.3) is 16.9 Å². The molecule has 0 bridgehead atoms. The van der Waals surface area contributed by atoms with Gasteiger partial charge in [0, 0.05) is 30.3 Å². The third-order valence-corrected chi connectivity index (χ3v) is 5.96. The Labute approximate surface area is 214 Å². The van der Waals surface area contributed by atoms with Crippen LogP contribution < -0.4 is 10.6 Å². The van der Waals surface area contributed by atoms with Gasteiger partial charge >= 0.3 is 0 Å². The van der Waals surface area contributed by atoms with Crippen LogP contribution in [-0.2, 0) is 17.8 Å². The highest BCUT2D eigenvalue weighted by molar-refractivity contribution is 5.95. The first kappa shape index (κ1) is 23.8. The van der Waals surface area contributed by atoms with Gasteiger partial charge in [-0.05, 0) is 29.8 Å². The number of aromatic nitrogens is 2. The maximum atomic E-state index is 13.4. The normalized spacial score (nSPS) is 11.6. The topological polar surface area (TPSA) is 89.2 Å². The number of benzene rings is 3. The molecule has 1 atom stereocenters. The quantitative estimate of drug-likeness (QED) is 0.311. The van der Waals surface area contributed by atoms with Crippen LogP contribution in [0.4, 0.5) is 0 Å². The second-order valence-corrected chi connectivity index (χ2v) is 8.56. The summed E-state index contributed by atoms with van der Waals surface area (Å²) in [6.07, 6.45) is 3.69. The van der Waals surface area contributed by atoms with Crippen molar-refractivity contribution in [3.8, 4) is 16.9 Å². The maximum absolute atomic E-state index is 13.4. The zero-order valence-corrected chi connectivity index (χ0v) is 20.1. The van der Waals surface area contributed by atoms with E-state index >= 15 is 0 Å². The van der Waals surface area contributed by atoms with Gasteiger partial charge in [0.1, 0.15) is 6.04 Å². The van der Waals surface area contributed by atoms with Crippen LogP contribution in [0.3, 0.4) is 0 Å². The maximum Gasteiger partial charge on any atom is 0.287 e. The first-order valence-corrected chi connectivity index (χ1v) is 12.0. The van der Waals surface area contributed by atoms with E-state index in [0.717, 1.165) is 28.1 Å². The molecule has 0 spiro atoms. The lowest BCUT2D eigenvalue weighted by Gasteiger charge is -2.18. The van der Waals surface area contributed by atoms with E-state index in [2.05, 4.69) is 10.6 Å². The SMILES string of the molecule is O=C(N[C@@H](Cc1ccccc1)C(=O)NCc1cn(-c2ccccc2)nc1-c1ccccc1)c1ccco1. The van der Waals surface area contributed by atoms with Gasteiger partial charge in [0.25, 0.3) is 5.91 Å². The second kappa shape index (κ2) is 11.2. The summed E-state index contributed by atoms with van der Waals surface area (Å²) in [7, 11) is 0. The Morgan fingerprint density at radius 2 is 1.51 bits per heavy atom. The lowest BCUT2D eigenvalue weighted by atomic mass is 10.0. The van der Waals surface area contributed by atoms with Crippen LogP contribution in [0.15, 0.2) is 120 Å². The molecule has 0 aliphatic rings. The number of nitrogens with one attached hydrogen (secondary N) is 2. The molecule has 2 heterocycles. The number of hydrogen-bond acceptors (Lipinski definition) is 4. The highest BCUT2D eigenvalue weighted by Gasteiger charge is 2.24. The second-order valence-electron chi connectivity index (χ2n) is 8.56. The molecular weight excluding hydrogens is 464 g/mol.